The van der Waals surface area contributed by atoms with Gasteiger partial charge < -0.3 is 19.5 Å². The highest BCUT2D eigenvalue weighted by molar-refractivity contribution is 7.89. The second-order valence-electron chi connectivity index (χ2n) is 7.11. The standard InChI is InChI=1S/C21H24F2N2O6S/c1-29-16-6-8-17(9-7-16)32(27,28)25-11-3-4-14(13-25)20(26)24-15-5-10-18(30-2)19(12-15)31-21(22)23/h5-10,12,14,21H,3-4,11,13H2,1-2H3,(H,24,26). The summed E-state index contributed by atoms with van der Waals surface area (Å²) in [4.78, 5) is 12.9. The predicted molar refractivity (Wildman–Crippen MR) is 113 cm³/mol. The van der Waals surface area contributed by atoms with Gasteiger partial charge in [0.2, 0.25) is 15.9 Å². The SMILES string of the molecule is COc1ccc(S(=O)(=O)N2CCCC(C(=O)Nc3ccc(OC)c(OC(F)F)c3)C2)cc1. The summed E-state index contributed by atoms with van der Waals surface area (Å²) in [5.41, 5.74) is 0.238. The number of anilines is 1. The first-order valence-corrected chi connectivity index (χ1v) is 11.3. The average Bonchev–Trinajstić information content (AvgIpc) is 2.79. The molecule has 1 aliphatic heterocycles. The van der Waals surface area contributed by atoms with Crippen LogP contribution in [0, 0.1) is 5.92 Å². The molecule has 1 heterocycles. The van der Waals surface area contributed by atoms with Crippen LogP contribution in [0.25, 0.3) is 0 Å². The van der Waals surface area contributed by atoms with Gasteiger partial charge in [-0.25, -0.2) is 8.42 Å². The first-order valence-electron chi connectivity index (χ1n) is 9.82. The van der Waals surface area contributed by atoms with Crippen molar-refractivity contribution in [2.45, 2.75) is 24.3 Å². The van der Waals surface area contributed by atoms with Crippen molar-refractivity contribution < 1.29 is 36.2 Å². The van der Waals surface area contributed by atoms with Crippen LogP contribution >= 0.6 is 0 Å². The van der Waals surface area contributed by atoms with Crippen LogP contribution in [0.5, 0.6) is 17.2 Å². The molecule has 1 N–H and O–H groups in total. The maximum atomic E-state index is 13.0. The number of benzene rings is 2. The van der Waals surface area contributed by atoms with E-state index in [0.29, 0.717) is 25.1 Å². The van der Waals surface area contributed by atoms with Gasteiger partial charge in [0.25, 0.3) is 0 Å². The molecule has 2 aromatic carbocycles. The fraction of sp³-hybridized carbons (Fsp3) is 0.381. The van der Waals surface area contributed by atoms with Crippen LogP contribution in [0.4, 0.5) is 14.5 Å². The number of carbonyl (C=O) groups is 1. The molecule has 8 nitrogen and oxygen atoms in total. The molecular weight excluding hydrogens is 446 g/mol. The lowest BCUT2D eigenvalue weighted by Crippen LogP contribution is -2.43. The quantitative estimate of drug-likeness (QED) is 0.636. The van der Waals surface area contributed by atoms with Crippen molar-refractivity contribution in [1.29, 1.82) is 0 Å². The molecule has 0 spiro atoms. The summed E-state index contributed by atoms with van der Waals surface area (Å²) in [5, 5.41) is 2.65. The molecule has 0 aliphatic carbocycles. The number of carbonyl (C=O) groups excluding carboxylic acids is 1. The number of rotatable bonds is 8. The molecule has 0 bridgehead atoms. The Morgan fingerprint density at radius 2 is 1.81 bits per heavy atom. The van der Waals surface area contributed by atoms with E-state index < -0.39 is 28.5 Å². The largest absolute Gasteiger partial charge is 0.497 e. The number of methoxy groups -OCH3 is 2. The van der Waals surface area contributed by atoms with E-state index in [0.717, 1.165) is 0 Å². The van der Waals surface area contributed by atoms with Crippen LogP contribution in [-0.4, -0.2) is 52.6 Å². The Balaban J connectivity index is 1.71. The third kappa shape index (κ3) is 5.46. The van der Waals surface area contributed by atoms with Crippen LogP contribution in [0.3, 0.4) is 0 Å². The van der Waals surface area contributed by atoms with Gasteiger partial charge in [0.15, 0.2) is 11.5 Å². The van der Waals surface area contributed by atoms with E-state index in [1.165, 1.54) is 48.9 Å². The zero-order valence-corrected chi connectivity index (χ0v) is 18.4. The van der Waals surface area contributed by atoms with Gasteiger partial charge in [-0.2, -0.15) is 13.1 Å². The predicted octanol–water partition coefficient (Wildman–Crippen LogP) is 3.34. The van der Waals surface area contributed by atoms with Crippen molar-refractivity contribution in [2.24, 2.45) is 5.92 Å². The summed E-state index contributed by atoms with van der Waals surface area (Å²) < 4.78 is 67.0. The van der Waals surface area contributed by atoms with E-state index in [2.05, 4.69) is 10.1 Å². The second kappa shape index (κ2) is 10.1. The Labute approximate surface area is 185 Å². The maximum absolute atomic E-state index is 13.0. The molecule has 174 valence electrons. The molecule has 3 rings (SSSR count). The Hall–Kier alpha value is -2.92. The van der Waals surface area contributed by atoms with Crippen molar-refractivity contribution in [3.63, 3.8) is 0 Å². The average molecular weight is 470 g/mol. The normalized spacial score (nSPS) is 17.1. The lowest BCUT2D eigenvalue weighted by Gasteiger charge is -2.31. The zero-order valence-electron chi connectivity index (χ0n) is 17.6. The van der Waals surface area contributed by atoms with Crippen molar-refractivity contribution in [3.05, 3.63) is 42.5 Å². The molecule has 1 saturated heterocycles. The zero-order chi connectivity index (χ0) is 23.3. The highest BCUT2D eigenvalue weighted by Gasteiger charge is 2.33. The molecule has 11 heteroatoms. The first-order chi connectivity index (χ1) is 15.2. The van der Waals surface area contributed by atoms with E-state index in [4.69, 9.17) is 9.47 Å². The lowest BCUT2D eigenvalue weighted by molar-refractivity contribution is -0.120. The van der Waals surface area contributed by atoms with Crippen LogP contribution in [0.15, 0.2) is 47.4 Å². The number of hydrogen-bond acceptors (Lipinski definition) is 6. The number of sulfonamides is 1. The Morgan fingerprint density at radius 1 is 1.09 bits per heavy atom. The molecule has 0 radical (unpaired) electrons. The van der Waals surface area contributed by atoms with Gasteiger partial charge in [-0.3, -0.25) is 4.79 Å². The number of amides is 1. The second-order valence-corrected chi connectivity index (χ2v) is 9.05. The minimum absolute atomic E-state index is 0.0107. The Kier molecular flexibility index (Phi) is 7.52. The molecule has 1 amide bonds. The minimum atomic E-state index is -3.78. The molecule has 0 saturated carbocycles. The fourth-order valence-corrected chi connectivity index (χ4v) is 4.98. The molecular formula is C21H24F2N2O6S. The number of halogens is 2. The number of nitrogens with zero attached hydrogens (tertiary/aromatic N) is 1. The van der Waals surface area contributed by atoms with Gasteiger partial charge >= 0.3 is 6.61 Å². The van der Waals surface area contributed by atoms with Crippen molar-refractivity contribution >= 4 is 21.6 Å². The molecule has 1 fully saturated rings. The van der Waals surface area contributed by atoms with E-state index in [9.17, 15) is 22.0 Å². The topological polar surface area (TPSA) is 94.2 Å². The van der Waals surface area contributed by atoms with E-state index in [-0.39, 0.29) is 28.6 Å². The minimum Gasteiger partial charge on any atom is -0.497 e. The molecule has 1 atom stereocenters. The van der Waals surface area contributed by atoms with E-state index in [1.54, 1.807) is 12.1 Å². The van der Waals surface area contributed by atoms with Crippen LogP contribution in [0.1, 0.15) is 12.8 Å². The monoisotopic (exact) mass is 470 g/mol. The number of alkyl halides is 2. The van der Waals surface area contributed by atoms with Gasteiger partial charge in [-0.1, -0.05) is 0 Å². The summed E-state index contributed by atoms with van der Waals surface area (Å²) in [6.07, 6.45) is 1.01. The summed E-state index contributed by atoms with van der Waals surface area (Å²) in [6.45, 7) is -2.74. The van der Waals surface area contributed by atoms with Crippen LogP contribution in [0.2, 0.25) is 0 Å². The van der Waals surface area contributed by atoms with Gasteiger partial charge in [0.1, 0.15) is 5.75 Å². The van der Waals surface area contributed by atoms with Crippen LogP contribution < -0.4 is 19.5 Å². The summed E-state index contributed by atoms with van der Waals surface area (Å²) in [6, 6.07) is 10.2. The summed E-state index contributed by atoms with van der Waals surface area (Å²) in [5.74, 6) is -0.592. The van der Waals surface area contributed by atoms with Crippen molar-refractivity contribution in [3.8, 4) is 17.2 Å². The molecule has 0 aromatic heterocycles. The fourth-order valence-electron chi connectivity index (χ4n) is 3.46. The van der Waals surface area contributed by atoms with Crippen LogP contribution in [-0.2, 0) is 14.8 Å². The summed E-state index contributed by atoms with van der Waals surface area (Å²) in [7, 11) is -0.977. The number of ether oxygens (including phenoxy) is 3. The van der Waals surface area contributed by atoms with Gasteiger partial charge in [-0.15, -0.1) is 0 Å². The Morgan fingerprint density at radius 3 is 2.44 bits per heavy atom. The first kappa shape index (κ1) is 23.7. The van der Waals surface area contributed by atoms with Gasteiger partial charge in [0, 0.05) is 24.8 Å². The van der Waals surface area contributed by atoms with E-state index in [1.807, 2.05) is 0 Å². The van der Waals surface area contributed by atoms with Crippen molar-refractivity contribution in [1.82, 2.24) is 4.31 Å². The summed E-state index contributed by atoms with van der Waals surface area (Å²) >= 11 is 0. The number of nitrogens with one attached hydrogen (secondary N) is 1. The molecule has 2 aromatic rings. The number of piperidine rings is 1. The Bertz CT molecular complexity index is 1050. The molecule has 1 aliphatic rings. The van der Waals surface area contributed by atoms with Crippen molar-refractivity contribution in [2.75, 3.05) is 32.6 Å². The highest BCUT2D eigenvalue weighted by Crippen LogP contribution is 2.32. The lowest BCUT2D eigenvalue weighted by atomic mass is 9.98. The van der Waals surface area contributed by atoms with Gasteiger partial charge in [0.05, 0.1) is 25.0 Å². The van der Waals surface area contributed by atoms with E-state index >= 15 is 0 Å². The third-order valence-electron chi connectivity index (χ3n) is 5.10. The number of hydrogen-bond donors (Lipinski definition) is 1. The molecule has 1 unspecified atom stereocenters. The highest BCUT2D eigenvalue weighted by atomic mass is 32.2. The maximum Gasteiger partial charge on any atom is 0.387 e. The third-order valence-corrected chi connectivity index (χ3v) is 6.98. The molecule has 32 heavy (non-hydrogen) atoms. The smallest absolute Gasteiger partial charge is 0.387 e. The van der Waals surface area contributed by atoms with Gasteiger partial charge in [-0.05, 0) is 49.2 Å².